The van der Waals surface area contributed by atoms with E-state index in [9.17, 15) is 0 Å². The van der Waals surface area contributed by atoms with E-state index in [0.29, 0.717) is 16.1 Å². The Morgan fingerprint density at radius 1 is 1.35 bits per heavy atom. The maximum absolute atomic E-state index is 5.34. The van der Waals surface area contributed by atoms with Crippen molar-refractivity contribution >= 4 is 38.9 Å². The fourth-order valence-corrected chi connectivity index (χ4v) is 2.37. The molecule has 2 heterocycles. The molecule has 1 atom stereocenters. The zero-order valence-electron chi connectivity index (χ0n) is 9.01. The molecule has 4 N–H and O–H groups in total. The number of hydrazine groups is 1. The number of anilines is 2. The van der Waals surface area contributed by atoms with Gasteiger partial charge in [0, 0.05) is 11.6 Å². The summed E-state index contributed by atoms with van der Waals surface area (Å²) in [5.41, 5.74) is 2.49. The Morgan fingerprint density at radius 3 is 2.76 bits per heavy atom. The van der Waals surface area contributed by atoms with Crippen LogP contribution in [0.25, 0.3) is 0 Å². The van der Waals surface area contributed by atoms with E-state index in [-0.39, 0.29) is 6.04 Å². The fourth-order valence-electron chi connectivity index (χ4n) is 1.29. The maximum atomic E-state index is 5.34. The molecular formula is C9H11BrN6S. The van der Waals surface area contributed by atoms with Crippen molar-refractivity contribution in [3.8, 4) is 0 Å². The normalized spacial score (nSPS) is 12.2. The van der Waals surface area contributed by atoms with Crippen LogP contribution < -0.4 is 16.6 Å². The second kappa shape index (κ2) is 5.39. The lowest BCUT2D eigenvalue weighted by molar-refractivity contribution is 0.856. The molecule has 17 heavy (non-hydrogen) atoms. The summed E-state index contributed by atoms with van der Waals surface area (Å²) in [7, 11) is 0. The number of hydrogen-bond donors (Lipinski definition) is 3. The molecule has 0 aliphatic heterocycles. The average Bonchev–Trinajstić information content (AvgIpc) is 2.85. The number of nitrogen functional groups attached to an aromatic ring is 1. The van der Waals surface area contributed by atoms with Crippen molar-refractivity contribution in [3.63, 3.8) is 0 Å². The van der Waals surface area contributed by atoms with Crippen LogP contribution in [0.1, 0.15) is 18.0 Å². The Morgan fingerprint density at radius 2 is 2.12 bits per heavy atom. The number of nitrogens with zero attached hydrogens (tertiary/aromatic N) is 3. The van der Waals surface area contributed by atoms with Crippen LogP contribution in [0.4, 0.5) is 11.6 Å². The Bertz CT molecular complexity index is 488. The summed E-state index contributed by atoms with van der Waals surface area (Å²) in [6.45, 7) is 2.02. The van der Waals surface area contributed by atoms with Crippen LogP contribution in [0, 0.1) is 0 Å². The molecule has 0 aliphatic rings. The summed E-state index contributed by atoms with van der Waals surface area (Å²) in [5.74, 6) is 6.55. The van der Waals surface area contributed by atoms with E-state index in [2.05, 4.69) is 41.6 Å². The highest BCUT2D eigenvalue weighted by atomic mass is 79.9. The van der Waals surface area contributed by atoms with Gasteiger partial charge in [0.1, 0.15) is 21.6 Å². The minimum Gasteiger partial charge on any atom is -0.360 e. The predicted molar refractivity (Wildman–Crippen MR) is 71.7 cm³/mol. The van der Waals surface area contributed by atoms with Gasteiger partial charge >= 0.3 is 0 Å². The third kappa shape index (κ3) is 2.71. The van der Waals surface area contributed by atoms with Gasteiger partial charge in [-0.3, -0.25) is 0 Å². The smallest absolute Gasteiger partial charge is 0.159 e. The number of nitrogens with two attached hydrogens (primary N) is 1. The van der Waals surface area contributed by atoms with E-state index >= 15 is 0 Å². The first-order valence-corrected chi connectivity index (χ1v) is 6.52. The molecule has 2 rings (SSSR count). The fraction of sp³-hybridized carbons (Fsp3) is 0.222. The van der Waals surface area contributed by atoms with Gasteiger partial charge in [-0.2, -0.15) is 0 Å². The number of thiazole rings is 1. The Kier molecular flexibility index (Phi) is 3.87. The first-order valence-electron chi connectivity index (χ1n) is 4.85. The molecule has 1 unspecified atom stereocenters. The van der Waals surface area contributed by atoms with Crippen LogP contribution in [0.5, 0.6) is 0 Å². The van der Waals surface area contributed by atoms with Crippen LogP contribution in [-0.4, -0.2) is 15.0 Å². The van der Waals surface area contributed by atoms with Crippen LogP contribution in [0.15, 0.2) is 22.4 Å². The van der Waals surface area contributed by atoms with Gasteiger partial charge in [0.15, 0.2) is 5.82 Å². The molecule has 2 aromatic heterocycles. The third-order valence-corrected chi connectivity index (χ3v) is 3.81. The zero-order chi connectivity index (χ0) is 12.3. The second-order valence-corrected chi connectivity index (χ2v) is 4.98. The first kappa shape index (κ1) is 12.2. The van der Waals surface area contributed by atoms with Crippen molar-refractivity contribution in [1.29, 1.82) is 0 Å². The van der Waals surface area contributed by atoms with Crippen molar-refractivity contribution in [2.75, 3.05) is 10.7 Å². The van der Waals surface area contributed by atoms with Crippen LogP contribution in [0.3, 0.4) is 0 Å². The summed E-state index contributed by atoms with van der Waals surface area (Å²) in [6.07, 6.45) is 3.22. The number of nitrogens with one attached hydrogen (secondary N) is 2. The van der Waals surface area contributed by atoms with Gasteiger partial charge in [-0.15, -0.1) is 11.3 Å². The van der Waals surface area contributed by atoms with E-state index in [0.717, 1.165) is 5.01 Å². The van der Waals surface area contributed by atoms with Crippen molar-refractivity contribution in [2.24, 2.45) is 5.84 Å². The minimum absolute atomic E-state index is 0.0758. The molecule has 0 fully saturated rings. The molecule has 8 heteroatoms. The van der Waals surface area contributed by atoms with Crippen molar-refractivity contribution in [2.45, 2.75) is 13.0 Å². The van der Waals surface area contributed by atoms with Gasteiger partial charge < -0.3 is 10.7 Å². The largest absolute Gasteiger partial charge is 0.360 e. The van der Waals surface area contributed by atoms with Crippen molar-refractivity contribution < 1.29 is 0 Å². The van der Waals surface area contributed by atoms with E-state index in [1.54, 1.807) is 17.5 Å². The molecule has 0 aliphatic carbocycles. The summed E-state index contributed by atoms with van der Waals surface area (Å²) in [5, 5.41) is 6.18. The SMILES string of the molecule is CC(Nc1ncnc(NN)c1Br)c1nccs1. The van der Waals surface area contributed by atoms with E-state index in [1.807, 2.05) is 12.3 Å². The quantitative estimate of drug-likeness (QED) is 0.592. The number of hydrogen-bond acceptors (Lipinski definition) is 7. The Labute approximate surface area is 111 Å². The number of halogens is 1. The lowest BCUT2D eigenvalue weighted by Crippen LogP contribution is -2.13. The zero-order valence-corrected chi connectivity index (χ0v) is 11.4. The van der Waals surface area contributed by atoms with Crippen LogP contribution in [0.2, 0.25) is 0 Å². The van der Waals surface area contributed by atoms with E-state index in [1.165, 1.54) is 6.33 Å². The summed E-state index contributed by atoms with van der Waals surface area (Å²) >= 11 is 4.98. The molecule has 90 valence electrons. The molecule has 0 saturated carbocycles. The van der Waals surface area contributed by atoms with Crippen molar-refractivity contribution in [1.82, 2.24) is 15.0 Å². The van der Waals surface area contributed by atoms with Crippen LogP contribution in [-0.2, 0) is 0 Å². The molecule has 0 aromatic carbocycles. The molecular weight excluding hydrogens is 304 g/mol. The van der Waals surface area contributed by atoms with E-state index < -0.39 is 0 Å². The van der Waals surface area contributed by atoms with Gasteiger partial charge in [0.2, 0.25) is 0 Å². The summed E-state index contributed by atoms with van der Waals surface area (Å²) < 4.78 is 0.700. The minimum atomic E-state index is 0.0758. The molecule has 0 radical (unpaired) electrons. The molecule has 0 spiro atoms. The van der Waals surface area contributed by atoms with E-state index in [4.69, 9.17) is 5.84 Å². The molecule has 0 bridgehead atoms. The highest BCUT2D eigenvalue weighted by Gasteiger charge is 2.13. The molecule has 0 saturated heterocycles. The average molecular weight is 315 g/mol. The topological polar surface area (TPSA) is 88.8 Å². The van der Waals surface area contributed by atoms with Crippen LogP contribution >= 0.6 is 27.3 Å². The summed E-state index contributed by atoms with van der Waals surface area (Å²) in [6, 6.07) is 0.0758. The lowest BCUT2D eigenvalue weighted by Gasteiger charge is -2.14. The molecule has 0 amide bonds. The van der Waals surface area contributed by atoms with Gasteiger partial charge in [-0.05, 0) is 22.9 Å². The van der Waals surface area contributed by atoms with Gasteiger partial charge in [-0.25, -0.2) is 20.8 Å². The lowest BCUT2D eigenvalue weighted by atomic mass is 10.3. The van der Waals surface area contributed by atoms with Gasteiger partial charge in [-0.1, -0.05) is 0 Å². The molecule has 2 aromatic rings. The Hall–Kier alpha value is -1.25. The van der Waals surface area contributed by atoms with Gasteiger partial charge in [0.05, 0.1) is 6.04 Å². The van der Waals surface area contributed by atoms with Gasteiger partial charge in [0.25, 0.3) is 0 Å². The predicted octanol–water partition coefficient (Wildman–Crippen LogP) is 2.15. The monoisotopic (exact) mass is 314 g/mol. The number of rotatable bonds is 4. The van der Waals surface area contributed by atoms with Crippen molar-refractivity contribution in [3.05, 3.63) is 27.4 Å². The Balaban J connectivity index is 2.19. The highest BCUT2D eigenvalue weighted by Crippen LogP contribution is 2.29. The second-order valence-electron chi connectivity index (χ2n) is 3.27. The summed E-state index contributed by atoms with van der Waals surface area (Å²) in [4.78, 5) is 12.4. The third-order valence-electron chi connectivity index (χ3n) is 2.10. The highest BCUT2D eigenvalue weighted by molar-refractivity contribution is 9.10. The number of aromatic nitrogens is 3. The standard InChI is InChI=1S/C9H11BrN6S/c1-5(9-12-2-3-17-9)15-7-6(10)8(16-11)14-4-13-7/h2-5H,11H2,1H3,(H2,13,14,15,16). The molecule has 6 nitrogen and oxygen atoms in total. The maximum Gasteiger partial charge on any atom is 0.159 e. The first-order chi connectivity index (χ1) is 8.22.